The Labute approximate surface area is 123 Å². The normalized spacial score (nSPS) is 20.1. The first-order valence-electron chi connectivity index (χ1n) is 6.58. The van der Waals surface area contributed by atoms with Gasteiger partial charge in [-0.25, -0.2) is 0 Å². The van der Waals surface area contributed by atoms with Crippen LogP contribution in [-0.2, 0) is 13.3 Å². The molecule has 1 aliphatic rings. The topological polar surface area (TPSA) is 26.3 Å². The Morgan fingerprint density at radius 2 is 1.83 bits per heavy atom. The SMILES string of the molecule is CC(C(=O)OI)(c1ccccc1)C1CCCCC1. The van der Waals surface area contributed by atoms with E-state index in [1.54, 1.807) is 23.0 Å². The van der Waals surface area contributed by atoms with Crippen LogP contribution >= 0.6 is 23.0 Å². The molecule has 0 spiro atoms. The highest BCUT2D eigenvalue weighted by atomic mass is 127. The highest BCUT2D eigenvalue weighted by Gasteiger charge is 2.44. The van der Waals surface area contributed by atoms with Crippen molar-refractivity contribution in [3.8, 4) is 0 Å². The van der Waals surface area contributed by atoms with E-state index in [1.807, 2.05) is 37.3 Å². The fourth-order valence-electron chi connectivity index (χ4n) is 3.06. The molecule has 1 atom stereocenters. The molecule has 3 heteroatoms. The minimum Gasteiger partial charge on any atom is -0.394 e. The van der Waals surface area contributed by atoms with Gasteiger partial charge in [0.25, 0.3) is 0 Å². The highest BCUT2D eigenvalue weighted by Crippen LogP contribution is 2.42. The van der Waals surface area contributed by atoms with Gasteiger partial charge in [0, 0.05) is 0 Å². The first-order chi connectivity index (χ1) is 8.69. The summed E-state index contributed by atoms with van der Waals surface area (Å²) in [4.78, 5) is 12.3. The Morgan fingerprint density at radius 3 is 2.39 bits per heavy atom. The highest BCUT2D eigenvalue weighted by molar-refractivity contribution is 14.1. The average Bonchev–Trinajstić information content (AvgIpc) is 2.47. The molecule has 1 aliphatic carbocycles. The average molecular weight is 358 g/mol. The minimum atomic E-state index is -0.497. The molecule has 2 rings (SSSR count). The van der Waals surface area contributed by atoms with Crippen LogP contribution in [0.5, 0.6) is 0 Å². The second-order valence-electron chi connectivity index (χ2n) is 5.27. The van der Waals surface area contributed by atoms with Gasteiger partial charge in [-0.15, -0.1) is 0 Å². The van der Waals surface area contributed by atoms with E-state index in [-0.39, 0.29) is 5.97 Å². The van der Waals surface area contributed by atoms with Gasteiger partial charge >= 0.3 is 5.97 Å². The molecule has 2 nitrogen and oxygen atoms in total. The standard InChI is InChI=1S/C15H19IO2/c1-15(14(17)18-16,12-8-4-2-5-9-12)13-10-6-3-7-11-13/h2,4-5,8-9,13H,3,6-7,10-11H2,1H3. The lowest BCUT2D eigenvalue weighted by Crippen LogP contribution is -2.41. The molecule has 18 heavy (non-hydrogen) atoms. The third-order valence-electron chi connectivity index (χ3n) is 4.29. The maximum Gasteiger partial charge on any atom is 0.325 e. The van der Waals surface area contributed by atoms with Gasteiger partial charge in [0.2, 0.25) is 0 Å². The van der Waals surface area contributed by atoms with E-state index in [0.717, 1.165) is 18.4 Å². The predicted molar refractivity (Wildman–Crippen MR) is 80.5 cm³/mol. The number of carbonyl (C=O) groups excluding carboxylic acids is 1. The number of carbonyl (C=O) groups is 1. The van der Waals surface area contributed by atoms with Crippen molar-refractivity contribution in [1.29, 1.82) is 0 Å². The van der Waals surface area contributed by atoms with Crippen molar-refractivity contribution in [3.05, 3.63) is 35.9 Å². The van der Waals surface area contributed by atoms with Crippen LogP contribution in [0.25, 0.3) is 0 Å². The lowest BCUT2D eigenvalue weighted by atomic mass is 9.66. The maximum absolute atomic E-state index is 12.3. The van der Waals surface area contributed by atoms with Gasteiger partial charge in [-0.3, -0.25) is 4.79 Å². The van der Waals surface area contributed by atoms with Crippen molar-refractivity contribution in [2.45, 2.75) is 44.4 Å². The lowest BCUT2D eigenvalue weighted by molar-refractivity contribution is -0.139. The quantitative estimate of drug-likeness (QED) is 0.748. The van der Waals surface area contributed by atoms with Crippen molar-refractivity contribution in [1.82, 2.24) is 0 Å². The van der Waals surface area contributed by atoms with E-state index < -0.39 is 5.41 Å². The molecule has 1 saturated carbocycles. The van der Waals surface area contributed by atoms with Crippen LogP contribution in [0.1, 0.15) is 44.6 Å². The van der Waals surface area contributed by atoms with Crippen LogP contribution in [0.4, 0.5) is 0 Å². The van der Waals surface area contributed by atoms with E-state index >= 15 is 0 Å². The predicted octanol–water partition coefficient (Wildman–Crippen LogP) is 4.42. The van der Waals surface area contributed by atoms with E-state index in [9.17, 15) is 4.79 Å². The van der Waals surface area contributed by atoms with Gasteiger partial charge in [0.1, 0.15) is 0 Å². The van der Waals surface area contributed by atoms with Gasteiger partial charge in [0.15, 0.2) is 23.0 Å². The van der Waals surface area contributed by atoms with Crippen LogP contribution in [-0.4, -0.2) is 5.97 Å². The zero-order valence-electron chi connectivity index (χ0n) is 10.7. The third-order valence-corrected chi connectivity index (χ3v) is 4.69. The van der Waals surface area contributed by atoms with E-state index in [2.05, 4.69) is 0 Å². The van der Waals surface area contributed by atoms with Crippen molar-refractivity contribution in [3.63, 3.8) is 0 Å². The summed E-state index contributed by atoms with van der Waals surface area (Å²) in [5.41, 5.74) is 0.585. The monoisotopic (exact) mass is 358 g/mol. The fourth-order valence-corrected chi connectivity index (χ4v) is 3.52. The number of rotatable bonds is 3. The van der Waals surface area contributed by atoms with Gasteiger partial charge < -0.3 is 3.07 Å². The molecule has 0 amide bonds. The van der Waals surface area contributed by atoms with Gasteiger partial charge in [-0.05, 0) is 31.2 Å². The Morgan fingerprint density at radius 1 is 1.22 bits per heavy atom. The zero-order chi connectivity index (χ0) is 13.0. The van der Waals surface area contributed by atoms with Crippen molar-refractivity contribution in [2.24, 2.45) is 5.92 Å². The molecule has 0 bridgehead atoms. The number of halogens is 1. The molecule has 1 unspecified atom stereocenters. The first-order valence-corrected chi connectivity index (χ1v) is 7.46. The smallest absolute Gasteiger partial charge is 0.325 e. The Balaban J connectivity index is 2.36. The summed E-state index contributed by atoms with van der Waals surface area (Å²) in [5, 5.41) is 0. The number of benzene rings is 1. The van der Waals surface area contributed by atoms with E-state index in [1.165, 1.54) is 19.3 Å². The van der Waals surface area contributed by atoms with Crippen molar-refractivity contribution in [2.75, 3.05) is 0 Å². The Hall–Kier alpha value is -0.580. The molecular formula is C15H19IO2. The summed E-state index contributed by atoms with van der Waals surface area (Å²) >= 11 is 1.71. The summed E-state index contributed by atoms with van der Waals surface area (Å²) in [6.45, 7) is 2.04. The third kappa shape index (κ3) is 2.56. The number of hydrogen-bond donors (Lipinski definition) is 0. The van der Waals surface area contributed by atoms with Crippen LogP contribution < -0.4 is 0 Å². The summed E-state index contributed by atoms with van der Waals surface area (Å²) < 4.78 is 5.05. The minimum absolute atomic E-state index is 0.110. The summed E-state index contributed by atoms with van der Waals surface area (Å²) in [7, 11) is 0. The van der Waals surface area contributed by atoms with Crippen LogP contribution in [0.15, 0.2) is 30.3 Å². The fraction of sp³-hybridized carbons (Fsp3) is 0.533. The molecule has 0 aliphatic heterocycles. The first kappa shape index (κ1) is 13.8. The summed E-state index contributed by atoms with van der Waals surface area (Å²) in [6.07, 6.45) is 5.98. The summed E-state index contributed by atoms with van der Waals surface area (Å²) in [5.74, 6) is 0.289. The largest absolute Gasteiger partial charge is 0.394 e. The molecule has 0 N–H and O–H groups in total. The maximum atomic E-state index is 12.3. The molecule has 1 fully saturated rings. The number of hydrogen-bond acceptors (Lipinski definition) is 2. The van der Waals surface area contributed by atoms with Crippen LogP contribution in [0.3, 0.4) is 0 Å². The zero-order valence-corrected chi connectivity index (χ0v) is 12.9. The van der Waals surface area contributed by atoms with Crippen molar-refractivity contribution >= 4 is 29.0 Å². The Kier molecular flexibility index (Phi) is 4.65. The molecule has 0 saturated heterocycles. The lowest BCUT2D eigenvalue weighted by Gasteiger charge is -2.37. The van der Waals surface area contributed by atoms with Crippen LogP contribution in [0.2, 0.25) is 0 Å². The molecule has 0 heterocycles. The second kappa shape index (κ2) is 6.04. The van der Waals surface area contributed by atoms with E-state index in [0.29, 0.717) is 5.92 Å². The molecule has 0 radical (unpaired) electrons. The van der Waals surface area contributed by atoms with Gasteiger partial charge in [-0.2, -0.15) is 0 Å². The summed E-state index contributed by atoms with van der Waals surface area (Å²) in [6, 6.07) is 10.1. The molecule has 0 aromatic heterocycles. The molecular weight excluding hydrogens is 339 g/mol. The van der Waals surface area contributed by atoms with E-state index in [4.69, 9.17) is 3.07 Å². The molecule has 1 aromatic carbocycles. The van der Waals surface area contributed by atoms with Gasteiger partial charge in [-0.1, -0.05) is 49.6 Å². The second-order valence-corrected chi connectivity index (χ2v) is 5.71. The van der Waals surface area contributed by atoms with Crippen molar-refractivity contribution < 1.29 is 7.86 Å². The Bertz CT molecular complexity index is 398. The van der Waals surface area contributed by atoms with Crippen LogP contribution in [0, 0.1) is 5.92 Å². The van der Waals surface area contributed by atoms with Gasteiger partial charge in [0.05, 0.1) is 5.41 Å². The molecule has 98 valence electrons. The molecule has 1 aromatic rings.